The van der Waals surface area contributed by atoms with Crippen LogP contribution < -0.4 is 4.74 Å². The van der Waals surface area contributed by atoms with Crippen molar-refractivity contribution in [2.45, 2.75) is 30.8 Å². The van der Waals surface area contributed by atoms with Gasteiger partial charge in [-0.1, -0.05) is 24.3 Å². The monoisotopic (exact) mass is 342 g/mol. The molecule has 0 spiro atoms. The molecule has 1 aliphatic rings. The SMILES string of the molecule is Cc1ccc(O[C@@H]2CCN(C(=O)CCSc3ccccc3)C2)nc1. The van der Waals surface area contributed by atoms with E-state index in [1.54, 1.807) is 18.0 Å². The van der Waals surface area contributed by atoms with Crippen molar-refractivity contribution in [2.24, 2.45) is 0 Å². The quantitative estimate of drug-likeness (QED) is 0.753. The zero-order valence-corrected chi connectivity index (χ0v) is 14.7. The third-order valence-electron chi connectivity index (χ3n) is 4.00. The molecular formula is C19H22N2O2S. The molecule has 1 atom stereocenters. The minimum atomic E-state index is 0.0472. The van der Waals surface area contributed by atoms with Crippen LogP contribution in [0.2, 0.25) is 0 Å². The number of pyridine rings is 1. The number of carbonyl (C=O) groups excluding carboxylic acids is 1. The van der Waals surface area contributed by atoms with Crippen LogP contribution in [-0.4, -0.2) is 40.7 Å². The molecule has 0 unspecified atom stereocenters. The van der Waals surface area contributed by atoms with Gasteiger partial charge in [0.05, 0.1) is 6.54 Å². The van der Waals surface area contributed by atoms with Gasteiger partial charge in [0, 0.05) is 42.3 Å². The Hall–Kier alpha value is -2.01. The van der Waals surface area contributed by atoms with Crippen molar-refractivity contribution < 1.29 is 9.53 Å². The van der Waals surface area contributed by atoms with Crippen molar-refractivity contribution in [1.29, 1.82) is 0 Å². The molecule has 0 aliphatic carbocycles. The summed E-state index contributed by atoms with van der Waals surface area (Å²) in [5, 5.41) is 0. The van der Waals surface area contributed by atoms with Gasteiger partial charge in [-0.15, -0.1) is 11.8 Å². The maximum Gasteiger partial charge on any atom is 0.223 e. The average Bonchev–Trinajstić information content (AvgIpc) is 3.06. The van der Waals surface area contributed by atoms with E-state index < -0.39 is 0 Å². The molecule has 0 N–H and O–H groups in total. The highest BCUT2D eigenvalue weighted by molar-refractivity contribution is 7.99. The van der Waals surface area contributed by atoms with Crippen LogP contribution in [0.15, 0.2) is 53.6 Å². The number of ether oxygens (including phenoxy) is 1. The first-order valence-electron chi connectivity index (χ1n) is 8.25. The number of hydrogen-bond donors (Lipinski definition) is 0. The molecule has 1 saturated heterocycles. The molecule has 1 fully saturated rings. The third kappa shape index (κ3) is 4.74. The van der Waals surface area contributed by atoms with Gasteiger partial charge in [-0.05, 0) is 24.6 Å². The number of aromatic nitrogens is 1. The first-order valence-corrected chi connectivity index (χ1v) is 9.24. The molecule has 2 heterocycles. The molecule has 1 aromatic heterocycles. The molecule has 0 bridgehead atoms. The molecule has 4 nitrogen and oxygen atoms in total. The highest BCUT2D eigenvalue weighted by Crippen LogP contribution is 2.20. The predicted molar refractivity (Wildman–Crippen MR) is 96.4 cm³/mol. The Morgan fingerprint density at radius 1 is 1.29 bits per heavy atom. The van der Waals surface area contributed by atoms with Gasteiger partial charge in [0.2, 0.25) is 11.8 Å². The van der Waals surface area contributed by atoms with Crippen LogP contribution >= 0.6 is 11.8 Å². The van der Waals surface area contributed by atoms with Gasteiger partial charge in [0.1, 0.15) is 6.10 Å². The lowest BCUT2D eigenvalue weighted by molar-refractivity contribution is -0.129. The van der Waals surface area contributed by atoms with E-state index in [1.165, 1.54) is 4.90 Å². The topological polar surface area (TPSA) is 42.4 Å². The van der Waals surface area contributed by atoms with Crippen molar-refractivity contribution in [3.8, 4) is 5.88 Å². The molecule has 0 saturated carbocycles. The van der Waals surface area contributed by atoms with Crippen molar-refractivity contribution in [1.82, 2.24) is 9.88 Å². The van der Waals surface area contributed by atoms with Gasteiger partial charge in [-0.2, -0.15) is 0 Å². The van der Waals surface area contributed by atoms with Crippen molar-refractivity contribution >= 4 is 17.7 Å². The maximum absolute atomic E-state index is 12.3. The summed E-state index contributed by atoms with van der Waals surface area (Å²) in [4.78, 5) is 19.7. The normalized spacial score (nSPS) is 17.0. The predicted octanol–water partition coefficient (Wildman–Crippen LogP) is 3.55. The van der Waals surface area contributed by atoms with Gasteiger partial charge in [0.25, 0.3) is 0 Å². The number of benzene rings is 1. The third-order valence-corrected chi connectivity index (χ3v) is 5.01. The van der Waals surface area contributed by atoms with Gasteiger partial charge in [-0.3, -0.25) is 4.79 Å². The van der Waals surface area contributed by atoms with Gasteiger partial charge >= 0.3 is 0 Å². The van der Waals surface area contributed by atoms with Crippen molar-refractivity contribution in [3.05, 3.63) is 54.2 Å². The Bertz CT molecular complexity index is 661. The molecule has 5 heteroatoms. The van der Waals surface area contributed by atoms with Crippen molar-refractivity contribution in [3.63, 3.8) is 0 Å². The highest BCUT2D eigenvalue weighted by atomic mass is 32.2. The Morgan fingerprint density at radius 2 is 2.12 bits per heavy atom. The molecule has 0 radical (unpaired) electrons. The minimum Gasteiger partial charge on any atom is -0.472 e. The number of thioether (sulfide) groups is 1. The number of hydrogen-bond acceptors (Lipinski definition) is 4. The van der Waals surface area contributed by atoms with Gasteiger partial charge < -0.3 is 9.64 Å². The fourth-order valence-corrected chi connectivity index (χ4v) is 3.54. The number of carbonyl (C=O) groups is 1. The largest absolute Gasteiger partial charge is 0.472 e. The van der Waals surface area contributed by atoms with Crippen LogP contribution in [0, 0.1) is 6.92 Å². The highest BCUT2D eigenvalue weighted by Gasteiger charge is 2.27. The van der Waals surface area contributed by atoms with E-state index in [4.69, 9.17) is 4.74 Å². The summed E-state index contributed by atoms with van der Waals surface area (Å²) < 4.78 is 5.87. The number of nitrogens with zero attached hydrogens (tertiary/aromatic N) is 2. The summed E-state index contributed by atoms with van der Waals surface area (Å²) in [6.45, 7) is 3.43. The van der Waals surface area contributed by atoms with E-state index in [0.29, 0.717) is 18.8 Å². The Morgan fingerprint density at radius 3 is 2.88 bits per heavy atom. The molecule has 3 rings (SSSR count). The van der Waals surface area contributed by atoms with Gasteiger partial charge in [-0.25, -0.2) is 4.98 Å². The van der Waals surface area contributed by atoms with E-state index in [9.17, 15) is 4.79 Å². The summed E-state index contributed by atoms with van der Waals surface area (Å²) in [6.07, 6.45) is 3.28. The Balaban J connectivity index is 1.41. The first kappa shape index (κ1) is 16.8. The summed E-state index contributed by atoms with van der Waals surface area (Å²) >= 11 is 1.72. The molecule has 24 heavy (non-hydrogen) atoms. The lowest BCUT2D eigenvalue weighted by Gasteiger charge is -2.17. The zero-order chi connectivity index (χ0) is 16.8. The van der Waals surface area contributed by atoms with Crippen LogP contribution in [0.5, 0.6) is 5.88 Å². The molecule has 1 aromatic carbocycles. The van der Waals surface area contributed by atoms with Crippen LogP contribution in [0.4, 0.5) is 0 Å². The zero-order valence-electron chi connectivity index (χ0n) is 13.9. The molecule has 126 valence electrons. The summed E-state index contributed by atoms with van der Waals surface area (Å²) in [7, 11) is 0. The lowest BCUT2D eigenvalue weighted by atomic mass is 10.3. The molecular weight excluding hydrogens is 320 g/mol. The smallest absolute Gasteiger partial charge is 0.223 e. The number of rotatable bonds is 6. The number of likely N-dealkylation sites (tertiary alicyclic amines) is 1. The average molecular weight is 342 g/mol. The Kier molecular flexibility index (Phi) is 5.75. The lowest BCUT2D eigenvalue weighted by Crippen LogP contribution is -2.31. The second kappa shape index (κ2) is 8.20. The second-order valence-corrected chi connectivity index (χ2v) is 7.12. The maximum atomic E-state index is 12.3. The number of amides is 1. The van der Waals surface area contributed by atoms with Crippen LogP contribution in [-0.2, 0) is 4.79 Å². The first-order chi connectivity index (χ1) is 11.7. The Labute approximate surface area is 147 Å². The minimum absolute atomic E-state index is 0.0472. The van der Waals surface area contributed by atoms with Crippen molar-refractivity contribution in [2.75, 3.05) is 18.8 Å². The molecule has 1 amide bonds. The summed E-state index contributed by atoms with van der Waals surface area (Å²) in [5.41, 5.74) is 1.11. The summed E-state index contributed by atoms with van der Waals surface area (Å²) in [5.74, 6) is 1.66. The van der Waals surface area contributed by atoms with Crippen LogP contribution in [0.3, 0.4) is 0 Å². The van der Waals surface area contributed by atoms with E-state index in [0.717, 1.165) is 24.3 Å². The number of aryl methyl sites for hydroxylation is 1. The van der Waals surface area contributed by atoms with E-state index in [2.05, 4.69) is 17.1 Å². The molecule has 1 aliphatic heterocycles. The second-order valence-electron chi connectivity index (χ2n) is 5.95. The fraction of sp³-hybridized carbons (Fsp3) is 0.368. The molecule has 2 aromatic rings. The standard InChI is InChI=1S/C19H22N2O2S/c1-15-7-8-18(20-13-15)23-16-9-11-21(14-16)19(22)10-12-24-17-5-3-2-4-6-17/h2-8,13,16H,9-12,14H2,1H3/t16-/m1/s1. The van der Waals surface area contributed by atoms with E-state index in [-0.39, 0.29) is 12.0 Å². The van der Waals surface area contributed by atoms with Gasteiger partial charge in [0.15, 0.2) is 0 Å². The van der Waals surface area contributed by atoms with Crippen LogP contribution in [0.1, 0.15) is 18.4 Å². The van der Waals surface area contributed by atoms with Crippen LogP contribution in [0.25, 0.3) is 0 Å². The van der Waals surface area contributed by atoms with E-state index >= 15 is 0 Å². The fourth-order valence-electron chi connectivity index (χ4n) is 2.68. The van der Waals surface area contributed by atoms with E-state index in [1.807, 2.05) is 42.2 Å². The summed E-state index contributed by atoms with van der Waals surface area (Å²) in [6, 6.07) is 14.1.